The number of carbonyl (C=O) groups is 1. The van der Waals surface area contributed by atoms with Crippen LogP contribution in [0, 0.1) is 0 Å². The summed E-state index contributed by atoms with van der Waals surface area (Å²) in [6.07, 6.45) is 3.02. The average molecular weight is 314 g/mol. The molecule has 2 heterocycles. The van der Waals surface area contributed by atoms with Crippen molar-refractivity contribution in [3.63, 3.8) is 0 Å². The maximum Gasteiger partial charge on any atom is 0.291 e. The van der Waals surface area contributed by atoms with Gasteiger partial charge < -0.3 is 15.1 Å². The number of rotatable bonds is 4. The lowest BCUT2D eigenvalue weighted by atomic mass is 10.3. The average Bonchev–Trinajstić information content (AvgIpc) is 3.06. The molecule has 0 fully saturated rings. The number of carbonyl (C=O) groups excluding carboxylic acids is 1. The van der Waals surface area contributed by atoms with Gasteiger partial charge in [0.2, 0.25) is 0 Å². The third-order valence-corrected chi connectivity index (χ3v) is 3.13. The van der Waals surface area contributed by atoms with Gasteiger partial charge in [-0.05, 0) is 48.5 Å². The van der Waals surface area contributed by atoms with Crippen molar-refractivity contribution in [2.45, 2.75) is 0 Å². The number of nitrogens with one attached hydrogen (secondary N) is 2. The van der Waals surface area contributed by atoms with Crippen molar-refractivity contribution in [1.29, 1.82) is 0 Å². The molecule has 3 aromatic rings. The summed E-state index contributed by atoms with van der Waals surface area (Å²) in [5.74, 6) is 0.604. The molecule has 5 nitrogen and oxygen atoms in total. The summed E-state index contributed by atoms with van der Waals surface area (Å²) in [4.78, 5) is 16.1. The van der Waals surface area contributed by atoms with E-state index in [1.54, 1.807) is 42.6 Å². The fourth-order valence-corrected chi connectivity index (χ4v) is 1.95. The number of hydrogen-bond acceptors (Lipinski definition) is 4. The van der Waals surface area contributed by atoms with Crippen LogP contribution >= 0.6 is 11.6 Å². The molecule has 0 saturated heterocycles. The zero-order chi connectivity index (χ0) is 15.4. The number of hydrogen-bond donors (Lipinski definition) is 2. The van der Waals surface area contributed by atoms with Crippen LogP contribution in [0.4, 0.5) is 17.2 Å². The molecule has 1 amide bonds. The van der Waals surface area contributed by atoms with Crippen molar-refractivity contribution in [1.82, 2.24) is 4.98 Å². The molecule has 0 aliphatic heterocycles. The fourth-order valence-electron chi connectivity index (χ4n) is 1.82. The number of benzene rings is 1. The summed E-state index contributed by atoms with van der Waals surface area (Å²) < 4.78 is 5.02. The minimum atomic E-state index is -0.315. The second-order valence-corrected chi connectivity index (χ2v) is 4.93. The molecule has 22 heavy (non-hydrogen) atoms. The Morgan fingerprint density at radius 1 is 1.05 bits per heavy atom. The van der Waals surface area contributed by atoms with Crippen LogP contribution in [0.2, 0.25) is 5.02 Å². The van der Waals surface area contributed by atoms with Gasteiger partial charge in [0.05, 0.1) is 18.1 Å². The standard InChI is InChI=1S/C16H12ClN3O2/c17-11-3-5-12(6-4-11)19-15-8-7-13(10-18-15)20-16(21)14-2-1-9-22-14/h1-10H,(H,18,19)(H,20,21). The van der Waals surface area contributed by atoms with Crippen LogP contribution in [0.5, 0.6) is 0 Å². The molecule has 110 valence electrons. The zero-order valence-electron chi connectivity index (χ0n) is 11.4. The van der Waals surface area contributed by atoms with Crippen LogP contribution in [0.1, 0.15) is 10.6 Å². The number of furan rings is 1. The van der Waals surface area contributed by atoms with Gasteiger partial charge in [-0.3, -0.25) is 4.79 Å². The van der Waals surface area contributed by atoms with E-state index >= 15 is 0 Å². The highest BCUT2D eigenvalue weighted by Gasteiger charge is 2.08. The summed E-state index contributed by atoms with van der Waals surface area (Å²) in [6.45, 7) is 0. The highest BCUT2D eigenvalue weighted by molar-refractivity contribution is 6.30. The highest BCUT2D eigenvalue weighted by Crippen LogP contribution is 2.18. The van der Waals surface area contributed by atoms with E-state index in [-0.39, 0.29) is 11.7 Å². The Labute approximate surface area is 131 Å². The van der Waals surface area contributed by atoms with Crippen LogP contribution in [0.15, 0.2) is 65.4 Å². The van der Waals surface area contributed by atoms with Gasteiger partial charge in [0.1, 0.15) is 5.82 Å². The molecule has 0 radical (unpaired) electrons. The van der Waals surface area contributed by atoms with Crippen molar-refractivity contribution < 1.29 is 9.21 Å². The molecule has 0 bridgehead atoms. The van der Waals surface area contributed by atoms with E-state index in [0.717, 1.165) is 5.69 Å². The quantitative estimate of drug-likeness (QED) is 0.752. The molecule has 1 aromatic carbocycles. The molecule has 0 spiro atoms. The van der Waals surface area contributed by atoms with Gasteiger partial charge in [-0.1, -0.05) is 11.6 Å². The van der Waals surface area contributed by atoms with E-state index in [1.807, 2.05) is 12.1 Å². The largest absolute Gasteiger partial charge is 0.459 e. The first kappa shape index (κ1) is 14.2. The third kappa shape index (κ3) is 3.45. The summed E-state index contributed by atoms with van der Waals surface area (Å²) in [6, 6.07) is 14.1. The van der Waals surface area contributed by atoms with Crippen LogP contribution in [0.25, 0.3) is 0 Å². The van der Waals surface area contributed by atoms with E-state index in [1.165, 1.54) is 6.26 Å². The maximum absolute atomic E-state index is 11.8. The van der Waals surface area contributed by atoms with Gasteiger partial charge in [-0.25, -0.2) is 4.98 Å². The van der Waals surface area contributed by atoms with Crippen LogP contribution in [-0.4, -0.2) is 10.9 Å². The Hall–Kier alpha value is -2.79. The van der Waals surface area contributed by atoms with Gasteiger partial charge in [-0.15, -0.1) is 0 Å². The number of pyridine rings is 1. The summed E-state index contributed by atoms with van der Waals surface area (Å²) >= 11 is 5.83. The lowest BCUT2D eigenvalue weighted by Crippen LogP contribution is -2.11. The molecule has 2 N–H and O–H groups in total. The van der Waals surface area contributed by atoms with E-state index in [9.17, 15) is 4.79 Å². The van der Waals surface area contributed by atoms with Gasteiger partial charge in [-0.2, -0.15) is 0 Å². The van der Waals surface area contributed by atoms with Gasteiger partial charge in [0, 0.05) is 10.7 Å². The molecule has 0 atom stereocenters. The predicted molar refractivity (Wildman–Crippen MR) is 85.6 cm³/mol. The van der Waals surface area contributed by atoms with Gasteiger partial charge in [0.15, 0.2) is 5.76 Å². The fraction of sp³-hybridized carbons (Fsp3) is 0. The number of nitrogens with zero attached hydrogens (tertiary/aromatic N) is 1. The number of aromatic nitrogens is 1. The molecule has 6 heteroatoms. The van der Waals surface area contributed by atoms with E-state index in [0.29, 0.717) is 16.5 Å². The summed E-state index contributed by atoms with van der Waals surface area (Å²) in [5, 5.41) is 6.52. The van der Waals surface area contributed by atoms with Gasteiger partial charge >= 0.3 is 0 Å². The number of amides is 1. The normalized spacial score (nSPS) is 10.2. The maximum atomic E-state index is 11.8. The molecule has 0 aliphatic rings. The molecular weight excluding hydrogens is 302 g/mol. The zero-order valence-corrected chi connectivity index (χ0v) is 12.2. The van der Waals surface area contributed by atoms with Crippen molar-refractivity contribution in [3.8, 4) is 0 Å². The first-order valence-corrected chi connectivity index (χ1v) is 6.92. The Balaban J connectivity index is 1.65. The van der Waals surface area contributed by atoms with E-state index in [2.05, 4.69) is 15.6 Å². The van der Waals surface area contributed by atoms with Gasteiger partial charge in [0.25, 0.3) is 5.91 Å². The van der Waals surface area contributed by atoms with E-state index < -0.39 is 0 Å². The van der Waals surface area contributed by atoms with Crippen molar-refractivity contribution in [2.24, 2.45) is 0 Å². The molecule has 0 saturated carbocycles. The SMILES string of the molecule is O=C(Nc1ccc(Nc2ccc(Cl)cc2)nc1)c1ccco1. The second-order valence-electron chi connectivity index (χ2n) is 4.50. The number of anilines is 3. The smallest absolute Gasteiger partial charge is 0.291 e. The first-order valence-electron chi connectivity index (χ1n) is 6.54. The highest BCUT2D eigenvalue weighted by atomic mass is 35.5. The Morgan fingerprint density at radius 3 is 2.45 bits per heavy atom. The second kappa shape index (κ2) is 6.32. The minimum Gasteiger partial charge on any atom is -0.459 e. The molecule has 2 aromatic heterocycles. The Morgan fingerprint density at radius 2 is 1.82 bits per heavy atom. The lowest BCUT2D eigenvalue weighted by molar-refractivity contribution is 0.0996. The van der Waals surface area contributed by atoms with E-state index in [4.69, 9.17) is 16.0 Å². The topological polar surface area (TPSA) is 67.2 Å². The molecule has 3 rings (SSSR count). The Bertz CT molecular complexity index is 753. The van der Waals surface area contributed by atoms with Crippen molar-refractivity contribution in [3.05, 3.63) is 71.8 Å². The first-order chi connectivity index (χ1) is 10.7. The third-order valence-electron chi connectivity index (χ3n) is 2.88. The number of halogens is 1. The molecule has 0 unspecified atom stereocenters. The van der Waals surface area contributed by atoms with Crippen molar-refractivity contribution >= 4 is 34.7 Å². The minimum absolute atomic E-state index is 0.253. The Kier molecular flexibility index (Phi) is 4.07. The van der Waals surface area contributed by atoms with Crippen LogP contribution in [-0.2, 0) is 0 Å². The lowest BCUT2D eigenvalue weighted by Gasteiger charge is -2.07. The predicted octanol–water partition coefficient (Wildman–Crippen LogP) is 4.32. The molecule has 0 aliphatic carbocycles. The summed E-state index contributed by atoms with van der Waals surface area (Å²) in [7, 11) is 0. The summed E-state index contributed by atoms with van der Waals surface area (Å²) in [5.41, 5.74) is 1.47. The van der Waals surface area contributed by atoms with Crippen molar-refractivity contribution in [2.75, 3.05) is 10.6 Å². The van der Waals surface area contributed by atoms with Crippen LogP contribution < -0.4 is 10.6 Å². The monoisotopic (exact) mass is 313 g/mol. The van der Waals surface area contributed by atoms with Crippen LogP contribution in [0.3, 0.4) is 0 Å². The molecular formula is C16H12ClN3O2.